The number of alkyl halides is 3. The molecular weight excluding hydrogens is 257 g/mol. The summed E-state index contributed by atoms with van der Waals surface area (Å²) in [6, 6.07) is 7.68. The van der Waals surface area contributed by atoms with E-state index in [0.717, 1.165) is 12.1 Å². The lowest BCUT2D eigenvalue weighted by Gasteiger charge is -2.09. The summed E-state index contributed by atoms with van der Waals surface area (Å²) in [6.07, 6.45) is -4.37. The summed E-state index contributed by atoms with van der Waals surface area (Å²) in [5.74, 6) is 0. The molecule has 2 aromatic rings. The summed E-state index contributed by atoms with van der Waals surface area (Å²) < 4.78 is 37.3. The molecule has 0 fully saturated rings. The topological polar surface area (TPSA) is 59.1 Å². The molecule has 0 saturated carbocycles. The molecule has 0 radical (unpaired) electrons. The second kappa shape index (κ2) is 4.89. The molecule has 1 aromatic heterocycles. The Kier molecular flexibility index (Phi) is 3.44. The number of benzene rings is 1. The number of aliphatic hydroxyl groups is 1. The fourth-order valence-corrected chi connectivity index (χ4v) is 1.65. The molecule has 19 heavy (non-hydrogen) atoms. The number of halogens is 3. The maximum Gasteiger partial charge on any atom is 0.416 e. The predicted octanol–water partition coefficient (Wildman–Crippen LogP) is 2.84. The van der Waals surface area contributed by atoms with E-state index in [1.807, 2.05) is 0 Å². The lowest BCUT2D eigenvalue weighted by molar-refractivity contribution is -0.137. The van der Waals surface area contributed by atoms with Crippen LogP contribution in [0.4, 0.5) is 18.9 Å². The number of nitrogens with zero attached hydrogens (tertiary/aromatic N) is 1. The van der Waals surface area contributed by atoms with Gasteiger partial charge in [0.2, 0.25) is 0 Å². The van der Waals surface area contributed by atoms with Crippen LogP contribution in [0.3, 0.4) is 0 Å². The number of nitrogen functional groups attached to an aromatic ring is 1. The second-order valence-electron chi connectivity index (χ2n) is 3.97. The van der Waals surface area contributed by atoms with Gasteiger partial charge in [-0.15, -0.1) is 0 Å². The van der Waals surface area contributed by atoms with Crippen molar-refractivity contribution in [3.8, 4) is 11.3 Å². The predicted molar refractivity (Wildman–Crippen MR) is 65.0 cm³/mol. The van der Waals surface area contributed by atoms with E-state index in [-0.39, 0.29) is 6.61 Å². The molecule has 0 aliphatic carbocycles. The van der Waals surface area contributed by atoms with E-state index < -0.39 is 11.7 Å². The molecule has 100 valence electrons. The number of aliphatic hydroxyl groups excluding tert-OH is 1. The number of aromatic nitrogens is 1. The number of hydrogen-bond donors (Lipinski definition) is 2. The van der Waals surface area contributed by atoms with Gasteiger partial charge in [0.15, 0.2) is 0 Å². The highest BCUT2D eigenvalue weighted by Gasteiger charge is 2.30. The van der Waals surface area contributed by atoms with E-state index in [4.69, 9.17) is 10.8 Å². The molecule has 0 amide bonds. The summed E-state index contributed by atoms with van der Waals surface area (Å²) in [4.78, 5) is 4.10. The minimum atomic E-state index is -4.37. The van der Waals surface area contributed by atoms with Crippen molar-refractivity contribution in [2.24, 2.45) is 0 Å². The van der Waals surface area contributed by atoms with Crippen molar-refractivity contribution < 1.29 is 18.3 Å². The lowest BCUT2D eigenvalue weighted by Crippen LogP contribution is -2.04. The molecule has 0 spiro atoms. The van der Waals surface area contributed by atoms with Crippen molar-refractivity contribution >= 4 is 5.69 Å². The van der Waals surface area contributed by atoms with Gasteiger partial charge in [0.25, 0.3) is 0 Å². The van der Waals surface area contributed by atoms with Crippen molar-refractivity contribution in [3.05, 3.63) is 47.7 Å². The van der Waals surface area contributed by atoms with Crippen LogP contribution in [0.25, 0.3) is 11.3 Å². The summed E-state index contributed by atoms with van der Waals surface area (Å²) in [6.45, 7) is -0.256. The smallest absolute Gasteiger partial charge is 0.397 e. The molecule has 0 atom stereocenters. The van der Waals surface area contributed by atoms with Gasteiger partial charge < -0.3 is 10.8 Å². The molecule has 0 unspecified atom stereocenters. The minimum Gasteiger partial charge on any atom is -0.397 e. The first kappa shape index (κ1) is 13.4. The molecule has 2 rings (SSSR count). The largest absolute Gasteiger partial charge is 0.416 e. The SMILES string of the molecule is Nc1ccc(CO)nc1-c1ccc(C(F)(F)F)cc1. The van der Waals surface area contributed by atoms with E-state index in [2.05, 4.69) is 4.98 Å². The molecule has 1 aromatic carbocycles. The number of pyridine rings is 1. The number of nitrogens with two attached hydrogens (primary N) is 1. The summed E-state index contributed by atoms with van der Waals surface area (Å²) >= 11 is 0. The van der Waals surface area contributed by atoms with Gasteiger partial charge in [-0.05, 0) is 24.3 Å². The molecular formula is C13H11F3N2O. The number of hydrogen-bond acceptors (Lipinski definition) is 3. The van der Waals surface area contributed by atoms with Crippen LogP contribution in [0.1, 0.15) is 11.3 Å². The van der Waals surface area contributed by atoms with Gasteiger partial charge in [0.1, 0.15) is 0 Å². The van der Waals surface area contributed by atoms with Crippen molar-refractivity contribution in [3.63, 3.8) is 0 Å². The molecule has 3 nitrogen and oxygen atoms in total. The standard InChI is InChI=1S/C13H11F3N2O/c14-13(15,16)9-3-1-8(2-4-9)12-11(17)6-5-10(7-19)18-12/h1-6,19H,7,17H2. The van der Waals surface area contributed by atoms with E-state index in [1.54, 1.807) is 12.1 Å². The molecule has 3 N–H and O–H groups in total. The molecule has 6 heteroatoms. The Morgan fingerprint density at radius 3 is 2.21 bits per heavy atom. The highest BCUT2D eigenvalue weighted by atomic mass is 19.4. The monoisotopic (exact) mass is 268 g/mol. The average molecular weight is 268 g/mol. The Hall–Kier alpha value is -2.08. The van der Waals surface area contributed by atoms with Gasteiger partial charge in [-0.2, -0.15) is 13.2 Å². The van der Waals surface area contributed by atoms with Gasteiger partial charge >= 0.3 is 6.18 Å². The fourth-order valence-electron chi connectivity index (χ4n) is 1.65. The van der Waals surface area contributed by atoms with Crippen LogP contribution in [0.5, 0.6) is 0 Å². The zero-order chi connectivity index (χ0) is 14.0. The van der Waals surface area contributed by atoms with Crippen LogP contribution >= 0.6 is 0 Å². The third-order valence-corrected chi connectivity index (χ3v) is 2.63. The fraction of sp³-hybridized carbons (Fsp3) is 0.154. The summed E-state index contributed by atoms with van der Waals surface area (Å²) in [7, 11) is 0. The first-order valence-electron chi connectivity index (χ1n) is 5.45. The van der Waals surface area contributed by atoms with Crippen LogP contribution in [-0.2, 0) is 12.8 Å². The second-order valence-corrected chi connectivity index (χ2v) is 3.97. The third kappa shape index (κ3) is 2.85. The first-order chi connectivity index (χ1) is 8.91. The normalized spacial score (nSPS) is 11.6. The molecule has 1 heterocycles. The number of rotatable bonds is 2. The maximum atomic E-state index is 12.4. The Morgan fingerprint density at radius 2 is 1.68 bits per heavy atom. The van der Waals surface area contributed by atoms with Gasteiger partial charge in [-0.1, -0.05) is 12.1 Å². The van der Waals surface area contributed by atoms with E-state index >= 15 is 0 Å². The van der Waals surface area contributed by atoms with Crippen LogP contribution in [-0.4, -0.2) is 10.1 Å². The zero-order valence-corrected chi connectivity index (χ0v) is 9.78. The van der Waals surface area contributed by atoms with Crippen LogP contribution in [0.15, 0.2) is 36.4 Å². The van der Waals surface area contributed by atoms with Crippen LogP contribution in [0, 0.1) is 0 Å². The van der Waals surface area contributed by atoms with Crippen molar-refractivity contribution in [2.75, 3.05) is 5.73 Å². The highest BCUT2D eigenvalue weighted by molar-refractivity contribution is 5.72. The maximum absolute atomic E-state index is 12.4. The highest BCUT2D eigenvalue weighted by Crippen LogP contribution is 2.31. The summed E-state index contributed by atoms with van der Waals surface area (Å²) in [5.41, 5.74) is 6.59. The Balaban J connectivity index is 2.42. The quantitative estimate of drug-likeness (QED) is 0.880. The minimum absolute atomic E-state index is 0.256. The van der Waals surface area contributed by atoms with Crippen molar-refractivity contribution in [2.45, 2.75) is 12.8 Å². The average Bonchev–Trinajstić information content (AvgIpc) is 2.38. The van der Waals surface area contributed by atoms with Crippen molar-refractivity contribution in [1.29, 1.82) is 0 Å². The van der Waals surface area contributed by atoms with Crippen LogP contribution in [0.2, 0.25) is 0 Å². The molecule has 0 aliphatic rings. The van der Waals surface area contributed by atoms with Crippen molar-refractivity contribution in [1.82, 2.24) is 4.98 Å². The molecule has 0 bridgehead atoms. The number of anilines is 1. The Labute approximate surface area is 107 Å². The third-order valence-electron chi connectivity index (χ3n) is 2.63. The van der Waals surface area contributed by atoms with E-state index in [9.17, 15) is 13.2 Å². The van der Waals surface area contributed by atoms with Gasteiger partial charge in [0, 0.05) is 5.56 Å². The first-order valence-corrected chi connectivity index (χ1v) is 5.45. The lowest BCUT2D eigenvalue weighted by atomic mass is 10.1. The molecule has 0 aliphatic heterocycles. The van der Waals surface area contributed by atoms with Gasteiger partial charge in [-0.25, -0.2) is 4.98 Å². The Morgan fingerprint density at radius 1 is 1.05 bits per heavy atom. The van der Waals surface area contributed by atoms with Gasteiger partial charge in [-0.3, -0.25) is 0 Å². The molecule has 0 saturated heterocycles. The van der Waals surface area contributed by atoms with E-state index in [1.165, 1.54) is 12.1 Å². The van der Waals surface area contributed by atoms with Gasteiger partial charge in [0.05, 0.1) is 29.2 Å². The van der Waals surface area contributed by atoms with E-state index in [0.29, 0.717) is 22.6 Å². The van der Waals surface area contributed by atoms with Crippen LogP contribution < -0.4 is 5.73 Å². The zero-order valence-electron chi connectivity index (χ0n) is 9.78. The summed E-state index contributed by atoms with van der Waals surface area (Å²) in [5, 5.41) is 9.00. The Bertz CT molecular complexity index is 579.